The standard InChI is InChI=1S/C12H17NO2/c1-3-5-10-7-8-12(13(14)15)9-11(10)6-4-2/h7-9H,3-6H2,1-2H3. The van der Waals surface area contributed by atoms with Crippen molar-refractivity contribution in [3.05, 3.63) is 39.4 Å². The van der Waals surface area contributed by atoms with Crippen LogP contribution >= 0.6 is 0 Å². The molecule has 1 rings (SSSR count). The van der Waals surface area contributed by atoms with Gasteiger partial charge < -0.3 is 0 Å². The molecule has 0 atom stereocenters. The average Bonchev–Trinajstić information content (AvgIpc) is 2.21. The van der Waals surface area contributed by atoms with Crippen molar-refractivity contribution < 1.29 is 4.92 Å². The summed E-state index contributed by atoms with van der Waals surface area (Å²) >= 11 is 0. The molecule has 0 spiro atoms. The smallest absolute Gasteiger partial charge is 0.258 e. The molecular weight excluding hydrogens is 190 g/mol. The molecule has 0 heterocycles. The van der Waals surface area contributed by atoms with Crippen molar-refractivity contribution in [1.82, 2.24) is 0 Å². The number of benzene rings is 1. The molecule has 0 radical (unpaired) electrons. The zero-order valence-electron chi connectivity index (χ0n) is 9.32. The largest absolute Gasteiger partial charge is 0.269 e. The lowest BCUT2D eigenvalue weighted by molar-refractivity contribution is -0.384. The fourth-order valence-electron chi connectivity index (χ4n) is 1.74. The normalized spacial score (nSPS) is 10.3. The fourth-order valence-corrected chi connectivity index (χ4v) is 1.74. The second-order valence-electron chi connectivity index (χ2n) is 3.71. The molecule has 1 aromatic rings. The van der Waals surface area contributed by atoms with Gasteiger partial charge in [0.15, 0.2) is 0 Å². The Hall–Kier alpha value is -1.38. The predicted octanol–water partition coefficient (Wildman–Crippen LogP) is 3.50. The number of hydrogen-bond acceptors (Lipinski definition) is 2. The minimum atomic E-state index is -0.325. The number of hydrogen-bond donors (Lipinski definition) is 0. The molecule has 0 saturated heterocycles. The van der Waals surface area contributed by atoms with Gasteiger partial charge in [-0.2, -0.15) is 0 Å². The van der Waals surface area contributed by atoms with Crippen molar-refractivity contribution in [2.45, 2.75) is 39.5 Å². The van der Waals surface area contributed by atoms with Crippen LogP contribution in [0, 0.1) is 10.1 Å². The molecule has 3 nitrogen and oxygen atoms in total. The minimum Gasteiger partial charge on any atom is -0.258 e. The van der Waals surface area contributed by atoms with Crippen LogP contribution in [0.5, 0.6) is 0 Å². The maximum absolute atomic E-state index is 10.6. The molecule has 0 saturated carbocycles. The molecule has 0 unspecified atom stereocenters. The van der Waals surface area contributed by atoms with Crippen LogP contribution in [0.2, 0.25) is 0 Å². The van der Waals surface area contributed by atoms with Crippen LogP contribution in [0.4, 0.5) is 5.69 Å². The van der Waals surface area contributed by atoms with Crippen molar-refractivity contribution in [1.29, 1.82) is 0 Å². The molecule has 1 aromatic carbocycles. The van der Waals surface area contributed by atoms with E-state index in [4.69, 9.17) is 0 Å². The first-order chi connectivity index (χ1) is 7.19. The van der Waals surface area contributed by atoms with E-state index in [0.29, 0.717) is 0 Å². The summed E-state index contributed by atoms with van der Waals surface area (Å²) < 4.78 is 0. The third-order valence-electron chi connectivity index (χ3n) is 2.44. The van der Waals surface area contributed by atoms with Gasteiger partial charge in [0.1, 0.15) is 0 Å². The topological polar surface area (TPSA) is 43.1 Å². The van der Waals surface area contributed by atoms with Crippen molar-refractivity contribution in [3.8, 4) is 0 Å². The van der Waals surface area contributed by atoms with Gasteiger partial charge >= 0.3 is 0 Å². The summed E-state index contributed by atoms with van der Waals surface area (Å²) in [5.41, 5.74) is 2.59. The first-order valence-corrected chi connectivity index (χ1v) is 5.45. The summed E-state index contributed by atoms with van der Waals surface area (Å²) in [7, 11) is 0. The van der Waals surface area contributed by atoms with Crippen LogP contribution in [0.3, 0.4) is 0 Å². The predicted molar refractivity (Wildman–Crippen MR) is 61.1 cm³/mol. The lowest BCUT2D eigenvalue weighted by Crippen LogP contribution is -1.96. The summed E-state index contributed by atoms with van der Waals surface area (Å²) in [4.78, 5) is 10.3. The number of rotatable bonds is 5. The van der Waals surface area contributed by atoms with E-state index in [2.05, 4.69) is 13.8 Å². The number of nitrogens with zero attached hydrogens (tertiary/aromatic N) is 1. The van der Waals surface area contributed by atoms with Gasteiger partial charge in [-0.25, -0.2) is 0 Å². The molecule has 15 heavy (non-hydrogen) atoms. The van der Waals surface area contributed by atoms with Crippen LogP contribution in [-0.4, -0.2) is 4.92 Å². The first-order valence-electron chi connectivity index (χ1n) is 5.45. The van der Waals surface area contributed by atoms with Gasteiger partial charge in [-0.05, 0) is 24.0 Å². The van der Waals surface area contributed by atoms with Gasteiger partial charge in [-0.1, -0.05) is 32.8 Å². The molecular formula is C12H17NO2. The van der Waals surface area contributed by atoms with E-state index in [0.717, 1.165) is 31.2 Å². The van der Waals surface area contributed by atoms with Gasteiger partial charge in [0.05, 0.1) is 4.92 Å². The van der Waals surface area contributed by atoms with Gasteiger partial charge in [0.2, 0.25) is 0 Å². The lowest BCUT2D eigenvalue weighted by Gasteiger charge is -2.07. The van der Waals surface area contributed by atoms with Crippen molar-refractivity contribution >= 4 is 5.69 Å². The summed E-state index contributed by atoms with van der Waals surface area (Å²) in [5.74, 6) is 0. The number of nitro benzene ring substituents is 1. The van der Waals surface area contributed by atoms with E-state index in [1.807, 2.05) is 6.07 Å². The summed E-state index contributed by atoms with van der Waals surface area (Å²) in [5, 5.41) is 10.6. The molecule has 0 fully saturated rings. The zero-order chi connectivity index (χ0) is 11.3. The van der Waals surface area contributed by atoms with Crippen LogP contribution in [0.1, 0.15) is 37.8 Å². The fraction of sp³-hybridized carbons (Fsp3) is 0.500. The molecule has 0 aliphatic heterocycles. The Labute approximate surface area is 90.3 Å². The van der Waals surface area contributed by atoms with Crippen molar-refractivity contribution in [2.75, 3.05) is 0 Å². The Morgan fingerprint density at radius 3 is 2.27 bits per heavy atom. The summed E-state index contributed by atoms with van der Waals surface area (Å²) in [6.45, 7) is 4.21. The third kappa shape index (κ3) is 3.05. The van der Waals surface area contributed by atoms with E-state index >= 15 is 0 Å². The molecule has 0 aliphatic rings. The Bertz CT molecular complexity index is 347. The third-order valence-corrected chi connectivity index (χ3v) is 2.44. The van der Waals surface area contributed by atoms with Crippen LogP contribution in [-0.2, 0) is 12.8 Å². The Balaban J connectivity index is 3.02. The van der Waals surface area contributed by atoms with Gasteiger partial charge in [-0.15, -0.1) is 0 Å². The number of aryl methyl sites for hydroxylation is 2. The van der Waals surface area contributed by atoms with E-state index < -0.39 is 0 Å². The number of nitro groups is 1. The Morgan fingerprint density at radius 2 is 1.73 bits per heavy atom. The van der Waals surface area contributed by atoms with Crippen molar-refractivity contribution in [2.24, 2.45) is 0 Å². The van der Waals surface area contributed by atoms with E-state index in [1.54, 1.807) is 12.1 Å². The Morgan fingerprint density at radius 1 is 1.13 bits per heavy atom. The van der Waals surface area contributed by atoms with Crippen LogP contribution < -0.4 is 0 Å². The van der Waals surface area contributed by atoms with Crippen LogP contribution in [0.25, 0.3) is 0 Å². The molecule has 0 bridgehead atoms. The van der Waals surface area contributed by atoms with E-state index in [9.17, 15) is 10.1 Å². The first kappa shape index (κ1) is 11.7. The SMILES string of the molecule is CCCc1ccc([N+](=O)[O-])cc1CCC. The van der Waals surface area contributed by atoms with Gasteiger partial charge in [-0.3, -0.25) is 10.1 Å². The molecule has 82 valence electrons. The minimum absolute atomic E-state index is 0.207. The van der Waals surface area contributed by atoms with Gasteiger partial charge in [0.25, 0.3) is 5.69 Å². The van der Waals surface area contributed by atoms with E-state index in [1.165, 1.54) is 5.56 Å². The highest BCUT2D eigenvalue weighted by Crippen LogP contribution is 2.20. The highest BCUT2D eigenvalue weighted by Gasteiger charge is 2.09. The van der Waals surface area contributed by atoms with Crippen molar-refractivity contribution in [3.63, 3.8) is 0 Å². The molecule has 0 aliphatic carbocycles. The summed E-state index contributed by atoms with van der Waals surface area (Å²) in [6, 6.07) is 5.21. The zero-order valence-corrected chi connectivity index (χ0v) is 9.32. The average molecular weight is 207 g/mol. The molecule has 3 heteroatoms. The number of non-ortho nitro benzene ring substituents is 1. The Kier molecular flexibility index (Phi) is 4.28. The highest BCUT2D eigenvalue weighted by atomic mass is 16.6. The molecule has 0 aromatic heterocycles. The quantitative estimate of drug-likeness (QED) is 0.547. The molecule has 0 N–H and O–H groups in total. The van der Waals surface area contributed by atoms with Crippen LogP contribution in [0.15, 0.2) is 18.2 Å². The van der Waals surface area contributed by atoms with Gasteiger partial charge in [0, 0.05) is 12.1 Å². The summed E-state index contributed by atoms with van der Waals surface area (Å²) in [6.07, 6.45) is 4.04. The highest BCUT2D eigenvalue weighted by molar-refractivity contribution is 5.40. The lowest BCUT2D eigenvalue weighted by atomic mass is 9.99. The van der Waals surface area contributed by atoms with E-state index in [-0.39, 0.29) is 10.6 Å². The second kappa shape index (κ2) is 5.49. The maximum atomic E-state index is 10.6. The molecule has 0 amide bonds. The monoisotopic (exact) mass is 207 g/mol. The second-order valence-corrected chi connectivity index (χ2v) is 3.71. The maximum Gasteiger partial charge on any atom is 0.269 e.